The molecule has 0 aromatic carbocycles. The normalized spacial score (nSPS) is 25.8. The fourth-order valence-corrected chi connectivity index (χ4v) is 3.33. The van der Waals surface area contributed by atoms with Gasteiger partial charge < -0.3 is 16.0 Å². The molecule has 2 saturated heterocycles. The van der Waals surface area contributed by atoms with Crippen molar-refractivity contribution in [2.45, 2.75) is 24.9 Å². The molecular formula is C9H17N3O3S. The maximum Gasteiger partial charge on any atom is 0.315 e. The second kappa shape index (κ2) is 4.58. The Morgan fingerprint density at radius 2 is 1.62 bits per heavy atom. The Morgan fingerprint density at radius 1 is 1.06 bits per heavy atom. The lowest BCUT2D eigenvalue weighted by Gasteiger charge is -2.30. The summed E-state index contributed by atoms with van der Waals surface area (Å²) < 4.78 is 22.4. The Morgan fingerprint density at radius 3 is 2.12 bits per heavy atom. The zero-order valence-electron chi connectivity index (χ0n) is 9.03. The van der Waals surface area contributed by atoms with Crippen LogP contribution in [0.2, 0.25) is 0 Å². The van der Waals surface area contributed by atoms with E-state index >= 15 is 0 Å². The Bertz CT molecular complexity index is 350. The second-order valence-electron chi connectivity index (χ2n) is 4.40. The number of urea groups is 1. The van der Waals surface area contributed by atoms with Gasteiger partial charge in [-0.05, 0) is 12.8 Å². The van der Waals surface area contributed by atoms with E-state index in [0.717, 1.165) is 13.1 Å². The summed E-state index contributed by atoms with van der Waals surface area (Å²) in [5.74, 6) is 0.367. The van der Waals surface area contributed by atoms with E-state index in [1.54, 1.807) is 0 Å². The molecule has 0 aromatic heterocycles. The van der Waals surface area contributed by atoms with Gasteiger partial charge in [-0.3, -0.25) is 0 Å². The molecule has 0 atom stereocenters. The number of carbonyl (C=O) groups is 1. The van der Waals surface area contributed by atoms with Crippen LogP contribution in [0.15, 0.2) is 0 Å². The van der Waals surface area contributed by atoms with Gasteiger partial charge in [-0.1, -0.05) is 0 Å². The van der Waals surface area contributed by atoms with Gasteiger partial charge in [0.15, 0.2) is 0 Å². The summed E-state index contributed by atoms with van der Waals surface area (Å²) in [6.07, 6.45) is 1.05. The molecule has 0 unspecified atom stereocenters. The first-order valence-electron chi connectivity index (χ1n) is 5.53. The van der Waals surface area contributed by atoms with E-state index in [9.17, 15) is 13.2 Å². The molecule has 2 fully saturated rings. The molecule has 16 heavy (non-hydrogen) atoms. The van der Waals surface area contributed by atoms with Gasteiger partial charge in [-0.15, -0.1) is 0 Å². The standard InChI is InChI=1S/C9H17N3O3S/c13-9(12-8-5-10-6-8)11-7-1-3-16(14,15)4-2-7/h7-8,10H,1-6H2,(H2,11,12,13). The molecule has 2 heterocycles. The van der Waals surface area contributed by atoms with Crippen LogP contribution >= 0.6 is 0 Å². The van der Waals surface area contributed by atoms with E-state index in [-0.39, 0.29) is 29.6 Å². The van der Waals surface area contributed by atoms with Gasteiger partial charge in [0.25, 0.3) is 0 Å². The van der Waals surface area contributed by atoms with Crippen LogP contribution in [0.5, 0.6) is 0 Å². The number of amides is 2. The van der Waals surface area contributed by atoms with Crippen molar-refractivity contribution >= 4 is 15.9 Å². The molecule has 0 radical (unpaired) electrons. The first kappa shape index (κ1) is 11.7. The lowest BCUT2D eigenvalue weighted by molar-refractivity contribution is 0.226. The van der Waals surface area contributed by atoms with E-state index in [4.69, 9.17) is 0 Å². The summed E-state index contributed by atoms with van der Waals surface area (Å²) in [4.78, 5) is 11.5. The zero-order chi connectivity index (χ0) is 11.6. The van der Waals surface area contributed by atoms with Crippen LogP contribution in [-0.2, 0) is 9.84 Å². The first-order valence-corrected chi connectivity index (χ1v) is 7.35. The highest BCUT2D eigenvalue weighted by molar-refractivity contribution is 7.91. The minimum absolute atomic E-state index is 0.00318. The SMILES string of the molecule is O=C(NC1CCS(=O)(=O)CC1)NC1CNC1. The molecule has 2 aliphatic rings. The van der Waals surface area contributed by atoms with Crippen molar-refractivity contribution in [3.63, 3.8) is 0 Å². The van der Waals surface area contributed by atoms with Crippen LogP contribution in [-0.4, -0.2) is 51.1 Å². The van der Waals surface area contributed by atoms with Crippen molar-refractivity contribution in [1.29, 1.82) is 0 Å². The van der Waals surface area contributed by atoms with Crippen molar-refractivity contribution in [2.75, 3.05) is 24.6 Å². The molecule has 3 N–H and O–H groups in total. The monoisotopic (exact) mass is 247 g/mol. The smallest absolute Gasteiger partial charge is 0.315 e. The number of hydrogen-bond acceptors (Lipinski definition) is 4. The van der Waals surface area contributed by atoms with Crippen LogP contribution in [0.25, 0.3) is 0 Å². The highest BCUT2D eigenvalue weighted by atomic mass is 32.2. The minimum Gasteiger partial charge on any atom is -0.335 e. The predicted octanol–water partition coefficient (Wildman–Crippen LogP) is -1.17. The Hall–Kier alpha value is -0.820. The molecule has 0 saturated carbocycles. The largest absolute Gasteiger partial charge is 0.335 e. The maximum absolute atomic E-state index is 11.5. The number of nitrogens with one attached hydrogen (secondary N) is 3. The number of hydrogen-bond donors (Lipinski definition) is 3. The molecule has 92 valence electrons. The van der Waals surface area contributed by atoms with E-state index in [2.05, 4.69) is 16.0 Å². The molecule has 2 rings (SSSR count). The molecule has 0 spiro atoms. The summed E-state index contributed by atoms with van der Waals surface area (Å²) in [5, 5.41) is 8.70. The van der Waals surface area contributed by atoms with Crippen LogP contribution < -0.4 is 16.0 Å². The molecule has 6 nitrogen and oxygen atoms in total. The molecule has 7 heteroatoms. The topological polar surface area (TPSA) is 87.3 Å². The number of carbonyl (C=O) groups excluding carboxylic acids is 1. The summed E-state index contributed by atoms with van der Waals surface area (Å²) in [6, 6.07) is 0.0275. The fourth-order valence-electron chi connectivity index (χ4n) is 1.84. The lowest BCUT2D eigenvalue weighted by Crippen LogP contribution is -2.60. The van der Waals surface area contributed by atoms with Crippen LogP contribution in [0.4, 0.5) is 4.79 Å². The highest BCUT2D eigenvalue weighted by Gasteiger charge is 2.26. The highest BCUT2D eigenvalue weighted by Crippen LogP contribution is 2.11. The average Bonchev–Trinajstić information content (AvgIpc) is 2.15. The van der Waals surface area contributed by atoms with Gasteiger partial charge >= 0.3 is 6.03 Å². The van der Waals surface area contributed by atoms with Crippen molar-refractivity contribution in [3.8, 4) is 0 Å². The second-order valence-corrected chi connectivity index (χ2v) is 6.70. The molecular weight excluding hydrogens is 230 g/mol. The predicted molar refractivity (Wildman–Crippen MR) is 60.0 cm³/mol. The summed E-state index contributed by atoms with van der Waals surface area (Å²) in [6.45, 7) is 1.62. The van der Waals surface area contributed by atoms with E-state index < -0.39 is 9.84 Å². The van der Waals surface area contributed by atoms with Gasteiger partial charge in [0.05, 0.1) is 17.5 Å². The maximum atomic E-state index is 11.5. The molecule has 0 aromatic rings. The van der Waals surface area contributed by atoms with Crippen molar-refractivity contribution in [2.24, 2.45) is 0 Å². The van der Waals surface area contributed by atoms with Crippen molar-refractivity contribution in [1.82, 2.24) is 16.0 Å². The molecule has 0 bridgehead atoms. The van der Waals surface area contributed by atoms with Crippen LogP contribution in [0.1, 0.15) is 12.8 Å². The number of rotatable bonds is 2. The van der Waals surface area contributed by atoms with Crippen LogP contribution in [0, 0.1) is 0 Å². The van der Waals surface area contributed by atoms with Crippen LogP contribution in [0.3, 0.4) is 0 Å². The molecule has 2 aliphatic heterocycles. The lowest BCUT2D eigenvalue weighted by atomic mass is 10.1. The van der Waals surface area contributed by atoms with Gasteiger partial charge in [0.2, 0.25) is 0 Å². The third-order valence-electron chi connectivity index (χ3n) is 3.01. The van der Waals surface area contributed by atoms with Crippen molar-refractivity contribution < 1.29 is 13.2 Å². The average molecular weight is 247 g/mol. The van der Waals surface area contributed by atoms with Gasteiger partial charge in [0, 0.05) is 19.1 Å². The quantitative estimate of drug-likeness (QED) is 0.574. The van der Waals surface area contributed by atoms with E-state index in [0.29, 0.717) is 12.8 Å². The third-order valence-corrected chi connectivity index (χ3v) is 4.72. The third kappa shape index (κ3) is 3.08. The van der Waals surface area contributed by atoms with E-state index in [1.165, 1.54) is 0 Å². The summed E-state index contributed by atoms with van der Waals surface area (Å²) in [5.41, 5.74) is 0. The Balaban J connectivity index is 1.71. The Kier molecular flexibility index (Phi) is 3.34. The zero-order valence-corrected chi connectivity index (χ0v) is 9.85. The molecule has 2 amide bonds. The summed E-state index contributed by atoms with van der Waals surface area (Å²) >= 11 is 0. The first-order chi connectivity index (χ1) is 7.55. The van der Waals surface area contributed by atoms with E-state index in [1.807, 2.05) is 0 Å². The molecule has 0 aliphatic carbocycles. The van der Waals surface area contributed by atoms with Gasteiger partial charge in [-0.2, -0.15) is 0 Å². The number of sulfone groups is 1. The van der Waals surface area contributed by atoms with Crippen molar-refractivity contribution in [3.05, 3.63) is 0 Å². The van der Waals surface area contributed by atoms with Gasteiger partial charge in [-0.25, -0.2) is 13.2 Å². The summed E-state index contributed by atoms with van der Waals surface area (Å²) in [7, 11) is -2.85. The minimum atomic E-state index is -2.85. The fraction of sp³-hybridized carbons (Fsp3) is 0.889. The Labute approximate surface area is 95.1 Å². The van der Waals surface area contributed by atoms with Gasteiger partial charge in [0.1, 0.15) is 9.84 Å².